The Morgan fingerprint density at radius 1 is 1.04 bits per heavy atom. The fraction of sp³-hybridized carbons (Fsp3) is 0.150. The summed E-state index contributed by atoms with van der Waals surface area (Å²) < 4.78 is 18.4. The Labute approximate surface area is 150 Å². The van der Waals surface area contributed by atoms with Gasteiger partial charge in [-0.15, -0.1) is 0 Å². The molecule has 1 amide bonds. The van der Waals surface area contributed by atoms with Crippen LogP contribution in [0.4, 0.5) is 10.1 Å². The summed E-state index contributed by atoms with van der Waals surface area (Å²) in [6.45, 7) is 3.64. The lowest BCUT2D eigenvalue weighted by Gasteiger charge is -2.09. The van der Waals surface area contributed by atoms with E-state index in [0.717, 1.165) is 16.8 Å². The van der Waals surface area contributed by atoms with Crippen molar-refractivity contribution in [1.82, 2.24) is 9.97 Å². The van der Waals surface area contributed by atoms with Crippen molar-refractivity contribution >= 4 is 11.6 Å². The summed E-state index contributed by atoms with van der Waals surface area (Å²) in [5.74, 6) is 0.144. The van der Waals surface area contributed by atoms with E-state index in [9.17, 15) is 9.18 Å². The van der Waals surface area contributed by atoms with Crippen molar-refractivity contribution in [2.24, 2.45) is 0 Å². The molecule has 0 unspecified atom stereocenters. The number of hydrogen-bond donors (Lipinski definition) is 1. The van der Waals surface area contributed by atoms with Crippen molar-refractivity contribution in [3.63, 3.8) is 0 Å². The number of nitrogens with zero attached hydrogens (tertiary/aromatic N) is 2. The fourth-order valence-electron chi connectivity index (χ4n) is 2.32. The number of carbonyl (C=O) groups is 1. The van der Waals surface area contributed by atoms with Crippen molar-refractivity contribution in [1.29, 1.82) is 0 Å². The number of amides is 1. The van der Waals surface area contributed by atoms with Crippen LogP contribution in [0.1, 0.15) is 11.3 Å². The van der Waals surface area contributed by atoms with Crippen LogP contribution in [0.15, 0.2) is 54.6 Å². The number of hydrogen-bond acceptors (Lipinski definition) is 4. The van der Waals surface area contributed by atoms with Gasteiger partial charge in [0.25, 0.3) is 5.91 Å². The summed E-state index contributed by atoms with van der Waals surface area (Å²) in [5.41, 5.74) is 3.26. The van der Waals surface area contributed by atoms with Gasteiger partial charge in [-0.1, -0.05) is 29.8 Å². The minimum Gasteiger partial charge on any atom is -0.467 e. The molecule has 0 spiro atoms. The van der Waals surface area contributed by atoms with E-state index < -0.39 is 0 Å². The highest BCUT2D eigenvalue weighted by atomic mass is 19.1. The molecule has 1 N–H and O–H groups in total. The van der Waals surface area contributed by atoms with Crippen molar-refractivity contribution in [3.8, 4) is 17.3 Å². The van der Waals surface area contributed by atoms with Crippen molar-refractivity contribution in [3.05, 3.63) is 71.7 Å². The molecule has 0 atom stereocenters. The second-order valence-corrected chi connectivity index (χ2v) is 5.88. The van der Waals surface area contributed by atoms with E-state index in [1.807, 2.05) is 38.1 Å². The van der Waals surface area contributed by atoms with Gasteiger partial charge in [0.2, 0.25) is 5.88 Å². The van der Waals surface area contributed by atoms with Crippen molar-refractivity contribution < 1.29 is 13.9 Å². The van der Waals surface area contributed by atoms with Gasteiger partial charge in [0.05, 0.1) is 0 Å². The molecule has 1 aromatic heterocycles. The molecule has 0 aliphatic carbocycles. The van der Waals surface area contributed by atoms with E-state index >= 15 is 0 Å². The maximum Gasteiger partial charge on any atom is 0.262 e. The van der Waals surface area contributed by atoms with Gasteiger partial charge in [0.15, 0.2) is 12.4 Å². The summed E-state index contributed by atoms with van der Waals surface area (Å²) in [6.07, 6.45) is 0. The van der Waals surface area contributed by atoms with Crippen LogP contribution in [-0.4, -0.2) is 22.5 Å². The van der Waals surface area contributed by atoms with Crippen LogP contribution in [-0.2, 0) is 4.79 Å². The number of ether oxygens (including phenoxy) is 1. The van der Waals surface area contributed by atoms with Gasteiger partial charge >= 0.3 is 0 Å². The second kappa shape index (κ2) is 7.74. The summed E-state index contributed by atoms with van der Waals surface area (Å²) in [4.78, 5) is 20.7. The molecular weight excluding hydrogens is 333 g/mol. The Morgan fingerprint density at radius 3 is 2.42 bits per heavy atom. The highest BCUT2D eigenvalue weighted by molar-refractivity contribution is 5.91. The number of benzene rings is 2. The Bertz CT molecular complexity index is 909. The first-order valence-corrected chi connectivity index (χ1v) is 8.10. The molecule has 26 heavy (non-hydrogen) atoms. The third-order valence-electron chi connectivity index (χ3n) is 3.62. The van der Waals surface area contributed by atoms with Gasteiger partial charge in [0.1, 0.15) is 5.82 Å². The largest absolute Gasteiger partial charge is 0.467 e. The Morgan fingerprint density at radius 2 is 1.73 bits per heavy atom. The molecule has 2 aromatic carbocycles. The third kappa shape index (κ3) is 4.63. The number of aryl methyl sites for hydroxylation is 2. The standard InChI is InChI=1S/C20H18FN3O2/c1-13-3-5-15(6-4-13)20-22-14(2)11-19(24-20)26-12-18(25)23-17-9-7-16(21)8-10-17/h3-11H,12H2,1-2H3,(H,23,25). The molecule has 3 aromatic rings. The quantitative estimate of drug-likeness (QED) is 0.757. The number of halogens is 1. The van der Waals surface area contributed by atoms with Crippen LogP contribution in [0.5, 0.6) is 5.88 Å². The van der Waals surface area contributed by atoms with Gasteiger partial charge < -0.3 is 10.1 Å². The lowest BCUT2D eigenvalue weighted by atomic mass is 10.1. The average molecular weight is 351 g/mol. The predicted molar refractivity (Wildman–Crippen MR) is 97.5 cm³/mol. The van der Waals surface area contributed by atoms with Crippen LogP contribution in [0.25, 0.3) is 11.4 Å². The van der Waals surface area contributed by atoms with Crippen LogP contribution >= 0.6 is 0 Å². The van der Waals surface area contributed by atoms with E-state index in [1.54, 1.807) is 6.07 Å². The zero-order valence-electron chi connectivity index (χ0n) is 14.5. The summed E-state index contributed by atoms with van der Waals surface area (Å²) in [7, 11) is 0. The molecule has 0 aliphatic rings. The smallest absolute Gasteiger partial charge is 0.262 e. The van der Waals surface area contributed by atoms with Crippen LogP contribution < -0.4 is 10.1 Å². The lowest BCUT2D eigenvalue weighted by molar-refractivity contribution is -0.118. The third-order valence-corrected chi connectivity index (χ3v) is 3.62. The first-order chi connectivity index (χ1) is 12.5. The number of anilines is 1. The summed E-state index contributed by atoms with van der Waals surface area (Å²) >= 11 is 0. The first-order valence-electron chi connectivity index (χ1n) is 8.10. The minimum atomic E-state index is -0.362. The monoisotopic (exact) mass is 351 g/mol. The number of aromatic nitrogens is 2. The molecule has 0 radical (unpaired) electrons. The maximum atomic E-state index is 12.9. The van der Waals surface area contributed by atoms with Crippen LogP contribution in [0.3, 0.4) is 0 Å². The zero-order valence-corrected chi connectivity index (χ0v) is 14.5. The molecule has 0 aliphatic heterocycles. The van der Waals surface area contributed by atoms with Crippen molar-refractivity contribution in [2.45, 2.75) is 13.8 Å². The molecule has 6 heteroatoms. The van der Waals surface area contributed by atoms with Gasteiger partial charge in [-0.2, -0.15) is 4.98 Å². The Hall–Kier alpha value is -3.28. The molecule has 0 bridgehead atoms. The van der Waals surface area contributed by atoms with E-state index in [2.05, 4.69) is 15.3 Å². The normalized spacial score (nSPS) is 10.4. The predicted octanol–water partition coefficient (Wildman–Crippen LogP) is 3.92. The molecule has 132 valence electrons. The topological polar surface area (TPSA) is 64.1 Å². The highest BCUT2D eigenvalue weighted by Gasteiger charge is 2.09. The molecule has 3 rings (SSSR count). The number of nitrogens with one attached hydrogen (secondary N) is 1. The van der Waals surface area contributed by atoms with E-state index in [4.69, 9.17) is 4.74 Å². The molecule has 5 nitrogen and oxygen atoms in total. The van der Waals surface area contributed by atoms with Crippen LogP contribution in [0, 0.1) is 19.7 Å². The Balaban J connectivity index is 1.66. The molecular formula is C20H18FN3O2. The van der Waals surface area contributed by atoms with Gasteiger partial charge in [-0.3, -0.25) is 4.79 Å². The minimum absolute atomic E-state index is 0.207. The molecule has 0 saturated carbocycles. The van der Waals surface area contributed by atoms with E-state index in [-0.39, 0.29) is 18.3 Å². The average Bonchev–Trinajstić information content (AvgIpc) is 2.62. The Kier molecular flexibility index (Phi) is 5.22. The zero-order chi connectivity index (χ0) is 18.5. The van der Waals surface area contributed by atoms with E-state index in [1.165, 1.54) is 24.3 Å². The molecule has 1 heterocycles. The van der Waals surface area contributed by atoms with Gasteiger partial charge in [-0.05, 0) is 38.1 Å². The first kappa shape index (κ1) is 17.5. The van der Waals surface area contributed by atoms with Crippen molar-refractivity contribution in [2.75, 3.05) is 11.9 Å². The fourth-order valence-corrected chi connectivity index (χ4v) is 2.32. The molecule has 0 fully saturated rings. The lowest BCUT2D eigenvalue weighted by Crippen LogP contribution is -2.20. The summed E-state index contributed by atoms with van der Waals surface area (Å²) in [5, 5.41) is 2.63. The van der Waals surface area contributed by atoms with E-state index in [0.29, 0.717) is 17.4 Å². The van der Waals surface area contributed by atoms with Gasteiger partial charge in [0, 0.05) is 23.0 Å². The number of rotatable bonds is 5. The second-order valence-electron chi connectivity index (χ2n) is 5.88. The maximum absolute atomic E-state index is 12.9. The molecule has 0 saturated heterocycles. The highest BCUT2D eigenvalue weighted by Crippen LogP contribution is 2.19. The summed E-state index contributed by atoms with van der Waals surface area (Å²) in [6, 6.07) is 15.0. The SMILES string of the molecule is Cc1ccc(-c2nc(C)cc(OCC(=O)Nc3ccc(F)cc3)n2)cc1. The van der Waals surface area contributed by atoms with Gasteiger partial charge in [-0.25, -0.2) is 9.37 Å². The number of carbonyl (C=O) groups excluding carboxylic acids is 1. The van der Waals surface area contributed by atoms with Crippen LogP contribution in [0.2, 0.25) is 0 Å².